The summed E-state index contributed by atoms with van der Waals surface area (Å²) < 4.78 is 0. The van der Waals surface area contributed by atoms with E-state index >= 15 is 0 Å². The number of carbonyl (C=O) groups excluding carboxylic acids is 1. The molecule has 0 aromatic heterocycles. The number of thioether (sulfide) groups is 1. The number of halogens is 2. The second kappa shape index (κ2) is 7.41. The van der Waals surface area contributed by atoms with Gasteiger partial charge in [-0.3, -0.25) is 4.79 Å². The van der Waals surface area contributed by atoms with E-state index in [2.05, 4.69) is 10.2 Å². The maximum absolute atomic E-state index is 12.0. The van der Waals surface area contributed by atoms with Crippen molar-refractivity contribution in [2.45, 2.75) is 6.42 Å². The van der Waals surface area contributed by atoms with Crippen molar-refractivity contribution >= 4 is 52.2 Å². The van der Waals surface area contributed by atoms with Crippen molar-refractivity contribution in [1.82, 2.24) is 4.90 Å². The van der Waals surface area contributed by atoms with Crippen molar-refractivity contribution in [3.63, 3.8) is 0 Å². The summed E-state index contributed by atoms with van der Waals surface area (Å²) in [6.45, 7) is 2.85. The van der Waals surface area contributed by atoms with Gasteiger partial charge in [-0.15, -0.1) is 0 Å². The minimum Gasteiger partial charge on any atom is -0.399 e. The third-order valence-corrected chi connectivity index (χ3v) is 4.63. The van der Waals surface area contributed by atoms with Crippen molar-refractivity contribution in [2.75, 3.05) is 42.2 Å². The quantitative estimate of drug-likeness (QED) is 0.831. The number of hydrogen-bond acceptors (Lipinski definition) is 4. The van der Waals surface area contributed by atoms with Gasteiger partial charge in [-0.05, 0) is 12.1 Å². The first-order valence-corrected chi connectivity index (χ1v) is 8.32. The summed E-state index contributed by atoms with van der Waals surface area (Å²) in [4.78, 5) is 14.2. The van der Waals surface area contributed by atoms with E-state index in [-0.39, 0.29) is 5.91 Å². The third-order valence-electron chi connectivity index (χ3n) is 3.09. The van der Waals surface area contributed by atoms with Crippen LogP contribution < -0.4 is 11.1 Å². The Balaban J connectivity index is 1.88. The molecule has 20 heavy (non-hydrogen) atoms. The Labute approximate surface area is 133 Å². The summed E-state index contributed by atoms with van der Waals surface area (Å²) in [7, 11) is 0. The molecule has 0 bridgehead atoms. The molecule has 1 amide bonds. The summed E-state index contributed by atoms with van der Waals surface area (Å²) in [5.74, 6) is 2.19. The van der Waals surface area contributed by atoms with Crippen molar-refractivity contribution < 1.29 is 4.79 Å². The molecule has 0 saturated carbocycles. The lowest BCUT2D eigenvalue weighted by Gasteiger charge is -2.25. The first-order chi connectivity index (χ1) is 9.56. The van der Waals surface area contributed by atoms with Crippen LogP contribution in [0, 0.1) is 0 Å². The van der Waals surface area contributed by atoms with Crippen LogP contribution in [0.15, 0.2) is 12.1 Å². The Morgan fingerprint density at radius 1 is 1.30 bits per heavy atom. The van der Waals surface area contributed by atoms with Gasteiger partial charge in [0.1, 0.15) is 0 Å². The van der Waals surface area contributed by atoms with Crippen LogP contribution in [0.4, 0.5) is 11.4 Å². The lowest BCUT2D eigenvalue weighted by molar-refractivity contribution is -0.116. The topological polar surface area (TPSA) is 58.4 Å². The van der Waals surface area contributed by atoms with Gasteiger partial charge in [-0.25, -0.2) is 0 Å². The SMILES string of the molecule is Nc1cc(Cl)c(NC(=O)CCN2CCSCC2)c(Cl)c1. The Kier molecular flexibility index (Phi) is 5.84. The van der Waals surface area contributed by atoms with Crippen LogP contribution in [-0.4, -0.2) is 41.9 Å². The maximum Gasteiger partial charge on any atom is 0.225 e. The van der Waals surface area contributed by atoms with Crippen LogP contribution in [0.2, 0.25) is 10.0 Å². The molecule has 0 spiro atoms. The van der Waals surface area contributed by atoms with E-state index in [0.717, 1.165) is 31.1 Å². The number of hydrogen-bond donors (Lipinski definition) is 2. The molecule has 1 aromatic carbocycles. The van der Waals surface area contributed by atoms with Crippen molar-refractivity contribution in [3.05, 3.63) is 22.2 Å². The van der Waals surface area contributed by atoms with Gasteiger partial charge < -0.3 is 16.0 Å². The number of benzene rings is 1. The van der Waals surface area contributed by atoms with Gasteiger partial charge in [0.15, 0.2) is 0 Å². The zero-order valence-electron chi connectivity index (χ0n) is 11.0. The molecule has 0 atom stereocenters. The van der Waals surface area contributed by atoms with Gasteiger partial charge in [0.25, 0.3) is 0 Å². The van der Waals surface area contributed by atoms with E-state index in [9.17, 15) is 4.79 Å². The Morgan fingerprint density at radius 2 is 1.90 bits per heavy atom. The molecule has 1 aliphatic rings. The van der Waals surface area contributed by atoms with E-state index in [4.69, 9.17) is 28.9 Å². The van der Waals surface area contributed by atoms with E-state index in [1.54, 1.807) is 12.1 Å². The summed E-state index contributed by atoms with van der Waals surface area (Å²) in [5.41, 5.74) is 6.53. The fourth-order valence-corrected chi connectivity index (χ4v) is 3.58. The standard InChI is InChI=1S/C13H17Cl2N3OS/c14-10-7-9(16)8-11(15)13(10)17-12(19)1-2-18-3-5-20-6-4-18/h7-8H,1-6,16H2,(H,17,19). The van der Waals surface area contributed by atoms with Crippen LogP contribution in [0.5, 0.6) is 0 Å². The van der Waals surface area contributed by atoms with Crippen LogP contribution in [0.25, 0.3) is 0 Å². The number of nitrogens with one attached hydrogen (secondary N) is 1. The van der Waals surface area contributed by atoms with E-state index in [1.165, 1.54) is 0 Å². The second-order valence-corrected chi connectivity index (χ2v) is 6.65. The molecule has 1 fully saturated rings. The Morgan fingerprint density at radius 3 is 2.50 bits per heavy atom. The van der Waals surface area contributed by atoms with E-state index in [0.29, 0.717) is 27.8 Å². The number of rotatable bonds is 4. The number of amides is 1. The lowest BCUT2D eigenvalue weighted by Crippen LogP contribution is -2.35. The van der Waals surface area contributed by atoms with Gasteiger partial charge in [0, 0.05) is 43.2 Å². The van der Waals surface area contributed by atoms with E-state index in [1.807, 2.05) is 11.8 Å². The van der Waals surface area contributed by atoms with Crippen LogP contribution in [0.3, 0.4) is 0 Å². The lowest BCUT2D eigenvalue weighted by atomic mass is 10.2. The maximum atomic E-state index is 12.0. The minimum atomic E-state index is -0.0863. The van der Waals surface area contributed by atoms with Crippen molar-refractivity contribution in [2.24, 2.45) is 0 Å². The van der Waals surface area contributed by atoms with Gasteiger partial charge in [-0.2, -0.15) is 11.8 Å². The highest BCUT2D eigenvalue weighted by Crippen LogP contribution is 2.32. The molecule has 0 radical (unpaired) electrons. The summed E-state index contributed by atoms with van der Waals surface area (Å²) in [6, 6.07) is 3.15. The van der Waals surface area contributed by atoms with Gasteiger partial charge in [-0.1, -0.05) is 23.2 Å². The van der Waals surface area contributed by atoms with Crippen LogP contribution in [-0.2, 0) is 4.79 Å². The summed E-state index contributed by atoms with van der Waals surface area (Å²) in [5, 5.41) is 3.47. The normalized spacial score (nSPS) is 16.1. The predicted molar refractivity (Wildman–Crippen MR) is 87.9 cm³/mol. The first-order valence-electron chi connectivity index (χ1n) is 6.41. The number of nitrogen functional groups attached to an aromatic ring is 1. The minimum absolute atomic E-state index is 0.0863. The molecule has 2 rings (SSSR count). The van der Waals surface area contributed by atoms with Gasteiger partial charge in [0.2, 0.25) is 5.91 Å². The van der Waals surface area contributed by atoms with Crippen LogP contribution >= 0.6 is 35.0 Å². The molecule has 0 unspecified atom stereocenters. The zero-order valence-corrected chi connectivity index (χ0v) is 13.3. The number of anilines is 2. The number of carbonyl (C=O) groups is 1. The third kappa shape index (κ3) is 4.45. The Bertz CT molecular complexity index is 469. The monoisotopic (exact) mass is 333 g/mol. The van der Waals surface area contributed by atoms with Crippen molar-refractivity contribution in [1.29, 1.82) is 0 Å². The number of nitrogens with two attached hydrogens (primary N) is 1. The highest BCUT2D eigenvalue weighted by molar-refractivity contribution is 7.99. The Hall–Kier alpha value is -0.620. The molecule has 3 N–H and O–H groups in total. The summed E-state index contributed by atoms with van der Waals surface area (Å²) >= 11 is 14.0. The molecule has 1 saturated heterocycles. The molecular formula is C13H17Cl2N3OS. The first kappa shape index (κ1) is 15.8. The average Bonchev–Trinajstić information content (AvgIpc) is 2.42. The predicted octanol–water partition coefficient (Wildman–Crippen LogP) is 2.95. The van der Waals surface area contributed by atoms with Gasteiger partial charge in [0.05, 0.1) is 15.7 Å². The van der Waals surface area contributed by atoms with Crippen molar-refractivity contribution in [3.8, 4) is 0 Å². The smallest absolute Gasteiger partial charge is 0.225 e. The molecular weight excluding hydrogens is 317 g/mol. The fraction of sp³-hybridized carbons (Fsp3) is 0.462. The highest BCUT2D eigenvalue weighted by Gasteiger charge is 2.14. The zero-order chi connectivity index (χ0) is 14.5. The molecule has 1 aliphatic heterocycles. The van der Waals surface area contributed by atoms with Gasteiger partial charge >= 0.3 is 0 Å². The fourth-order valence-electron chi connectivity index (χ4n) is 2.00. The molecule has 4 nitrogen and oxygen atoms in total. The molecule has 1 heterocycles. The molecule has 7 heteroatoms. The van der Waals surface area contributed by atoms with E-state index < -0.39 is 0 Å². The summed E-state index contributed by atoms with van der Waals surface area (Å²) in [6.07, 6.45) is 0.432. The molecule has 0 aliphatic carbocycles. The highest BCUT2D eigenvalue weighted by atomic mass is 35.5. The molecule has 1 aromatic rings. The van der Waals surface area contributed by atoms with Crippen LogP contribution in [0.1, 0.15) is 6.42 Å². The second-order valence-electron chi connectivity index (χ2n) is 4.61. The molecule has 110 valence electrons. The average molecular weight is 334 g/mol. The largest absolute Gasteiger partial charge is 0.399 e. The number of nitrogens with zero attached hydrogens (tertiary/aromatic N) is 1.